The first-order valence-electron chi connectivity index (χ1n) is 9.59. The highest BCUT2D eigenvalue weighted by atomic mass is 127. The summed E-state index contributed by atoms with van der Waals surface area (Å²) < 4.78 is 12.6. The van der Waals surface area contributed by atoms with Gasteiger partial charge in [0.05, 0.1) is 31.0 Å². The van der Waals surface area contributed by atoms with Crippen molar-refractivity contribution in [3.8, 4) is 11.5 Å². The molecule has 1 amide bonds. The molecule has 0 unspecified atom stereocenters. The smallest absolute Gasteiger partial charge is 0.261 e. The summed E-state index contributed by atoms with van der Waals surface area (Å²) >= 11 is 2.39. The monoisotopic (exact) mass is 490 g/mol. The highest BCUT2D eigenvalue weighted by Crippen LogP contribution is 2.40. The standard InChI is InChI=1S/C22H23IN2O3/c1-27-20-12-17-18(13-21(20)28-10-6-2-5-9-23)24-14-16-11-15-7-3-4-8-19(15)25(16)22(17)26/h3-4,7-8,12-14,16H,2,5-6,9-11H2,1H3/t16-/m0/s1. The zero-order valence-corrected chi connectivity index (χ0v) is 18.0. The summed E-state index contributed by atoms with van der Waals surface area (Å²) in [6.45, 7) is 0.631. The van der Waals surface area contributed by atoms with Crippen molar-refractivity contribution in [2.24, 2.45) is 4.99 Å². The van der Waals surface area contributed by atoms with E-state index in [4.69, 9.17) is 9.47 Å². The van der Waals surface area contributed by atoms with E-state index < -0.39 is 0 Å². The van der Waals surface area contributed by atoms with Crippen LogP contribution in [0, 0.1) is 0 Å². The number of nitrogens with zero attached hydrogens (tertiary/aromatic N) is 2. The van der Waals surface area contributed by atoms with Crippen LogP contribution in [0.2, 0.25) is 0 Å². The number of unbranched alkanes of at least 4 members (excludes halogenated alkanes) is 2. The van der Waals surface area contributed by atoms with E-state index in [0.717, 1.165) is 29.4 Å². The Morgan fingerprint density at radius 2 is 2.04 bits per heavy atom. The summed E-state index contributed by atoms with van der Waals surface area (Å²) in [7, 11) is 1.60. The van der Waals surface area contributed by atoms with Crippen molar-refractivity contribution in [1.82, 2.24) is 0 Å². The molecule has 0 saturated heterocycles. The van der Waals surface area contributed by atoms with E-state index >= 15 is 0 Å². The molecule has 2 aliphatic heterocycles. The third-order valence-corrected chi connectivity index (χ3v) is 5.93. The summed E-state index contributed by atoms with van der Waals surface area (Å²) in [5, 5.41) is 0. The molecule has 2 aromatic carbocycles. The Labute approximate surface area is 178 Å². The number of benzene rings is 2. The van der Waals surface area contributed by atoms with Crippen LogP contribution < -0.4 is 14.4 Å². The van der Waals surface area contributed by atoms with Crippen molar-refractivity contribution in [3.05, 3.63) is 47.5 Å². The number of hydrogen-bond donors (Lipinski definition) is 0. The molecule has 0 bridgehead atoms. The summed E-state index contributed by atoms with van der Waals surface area (Å²) in [5.41, 5.74) is 3.32. The van der Waals surface area contributed by atoms with E-state index in [1.807, 2.05) is 35.4 Å². The minimum absolute atomic E-state index is 0.0469. The van der Waals surface area contributed by atoms with Crippen LogP contribution in [0.4, 0.5) is 11.4 Å². The van der Waals surface area contributed by atoms with Gasteiger partial charge in [-0.15, -0.1) is 0 Å². The Kier molecular flexibility index (Phi) is 5.85. The number of aliphatic imine (C=N–C) groups is 1. The highest BCUT2D eigenvalue weighted by Gasteiger charge is 2.36. The maximum absolute atomic E-state index is 13.3. The average molecular weight is 490 g/mol. The molecule has 2 aliphatic rings. The van der Waals surface area contributed by atoms with Crippen molar-refractivity contribution in [3.63, 3.8) is 0 Å². The first-order valence-corrected chi connectivity index (χ1v) is 11.1. The third-order valence-electron chi connectivity index (χ3n) is 5.16. The van der Waals surface area contributed by atoms with Crippen LogP contribution in [0.1, 0.15) is 35.2 Å². The Bertz CT molecular complexity index is 913. The zero-order valence-electron chi connectivity index (χ0n) is 15.9. The van der Waals surface area contributed by atoms with Gasteiger partial charge in [0, 0.05) is 24.4 Å². The molecule has 1 atom stereocenters. The van der Waals surface area contributed by atoms with E-state index in [2.05, 4.69) is 33.6 Å². The topological polar surface area (TPSA) is 51.1 Å². The normalized spacial score (nSPS) is 17.0. The first-order chi connectivity index (χ1) is 13.7. The number of methoxy groups -OCH3 is 1. The number of anilines is 1. The lowest BCUT2D eigenvalue weighted by Gasteiger charge is -2.22. The maximum atomic E-state index is 13.3. The Hall–Kier alpha value is -2.09. The van der Waals surface area contributed by atoms with Gasteiger partial charge >= 0.3 is 0 Å². The Morgan fingerprint density at radius 1 is 1.18 bits per heavy atom. The van der Waals surface area contributed by atoms with Gasteiger partial charge in [0.2, 0.25) is 0 Å². The number of fused-ring (bicyclic) bond motifs is 4. The van der Waals surface area contributed by atoms with Gasteiger partial charge in [-0.25, -0.2) is 0 Å². The fourth-order valence-electron chi connectivity index (χ4n) is 3.74. The molecule has 0 aromatic heterocycles. The SMILES string of the molecule is COc1cc2c(cc1OCCCCCI)N=C[C@@H]1Cc3ccccc3N1C2=O. The lowest BCUT2D eigenvalue weighted by molar-refractivity contribution is 0.0986. The van der Waals surface area contributed by atoms with Gasteiger partial charge in [0.15, 0.2) is 11.5 Å². The van der Waals surface area contributed by atoms with Crippen molar-refractivity contribution in [2.75, 3.05) is 23.0 Å². The summed E-state index contributed by atoms with van der Waals surface area (Å²) in [6, 6.07) is 11.6. The number of rotatable bonds is 7. The molecule has 0 spiro atoms. The molecular formula is C22H23IN2O3. The van der Waals surface area contributed by atoms with Crippen molar-refractivity contribution in [2.45, 2.75) is 31.7 Å². The predicted octanol–water partition coefficient (Wildman–Crippen LogP) is 4.97. The second-order valence-electron chi connectivity index (χ2n) is 6.97. The number of halogens is 1. The highest BCUT2D eigenvalue weighted by molar-refractivity contribution is 14.1. The summed E-state index contributed by atoms with van der Waals surface area (Å²) in [5.74, 6) is 1.17. The number of ether oxygens (including phenoxy) is 2. The van der Waals surface area contributed by atoms with Crippen LogP contribution in [0.15, 0.2) is 41.4 Å². The number of carbonyl (C=O) groups excluding carboxylic acids is 1. The Morgan fingerprint density at radius 3 is 2.86 bits per heavy atom. The fourth-order valence-corrected chi connectivity index (χ4v) is 4.28. The molecule has 28 heavy (non-hydrogen) atoms. The van der Waals surface area contributed by atoms with Gasteiger partial charge in [-0.3, -0.25) is 14.7 Å². The van der Waals surface area contributed by atoms with Gasteiger partial charge in [-0.05, 0) is 41.4 Å². The van der Waals surface area contributed by atoms with Crippen molar-refractivity contribution >= 4 is 46.1 Å². The zero-order chi connectivity index (χ0) is 19.5. The van der Waals surface area contributed by atoms with E-state index in [1.54, 1.807) is 13.2 Å². The molecule has 0 fully saturated rings. The van der Waals surface area contributed by atoms with Crippen LogP contribution in [-0.2, 0) is 6.42 Å². The van der Waals surface area contributed by atoms with Crippen molar-refractivity contribution in [1.29, 1.82) is 0 Å². The second-order valence-corrected chi connectivity index (χ2v) is 8.05. The van der Waals surface area contributed by atoms with Crippen molar-refractivity contribution < 1.29 is 14.3 Å². The molecule has 4 rings (SSSR count). The fraction of sp³-hybridized carbons (Fsp3) is 0.364. The van der Waals surface area contributed by atoms with Crippen LogP contribution in [0.5, 0.6) is 11.5 Å². The van der Waals surface area contributed by atoms with E-state index in [0.29, 0.717) is 29.4 Å². The molecule has 146 valence electrons. The first kappa shape index (κ1) is 19.2. The third kappa shape index (κ3) is 3.62. The molecule has 0 radical (unpaired) electrons. The number of carbonyl (C=O) groups is 1. The van der Waals surface area contributed by atoms with E-state index in [1.165, 1.54) is 12.0 Å². The lowest BCUT2D eigenvalue weighted by atomic mass is 10.1. The Balaban J connectivity index is 1.62. The summed E-state index contributed by atoms with van der Waals surface area (Å²) in [4.78, 5) is 19.8. The average Bonchev–Trinajstić information content (AvgIpc) is 3.03. The molecule has 0 N–H and O–H groups in total. The van der Waals surface area contributed by atoms with Crippen LogP contribution in [-0.4, -0.2) is 36.3 Å². The van der Waals surface area contributed by atoms with Crippen LogP contribution >= 0.6 is 22.6 Å². The molecule has 0 saturated carbocycles. The predicted molar refractivity (Wildman–Crippen MR) is 120 cm³/mol. The van der Waals surface area contributed by atoms with Crippen LogP contribution in [0.25, 0.3) is 0 Å². The molecule has 6 heteroatoms. The molecule has 2 aromatic rings. The summed E-state index contributed by atoms with van der Waals surface area (Å²) in [6.07, 6.45) is 6.00. The largest absolute Gasteiger partial charge is 0.493 e. The van der Waals surface area contributed by atoms with Gasteiger partial charge in [-0.2, -0.15) is 0 Å². The minimum atomic E-state index is -0.0547. The van der Waals surface area contributed by atoms with Gasteiger partial charge in [-0.1, -0.05) is 40.8 Å². The number of hydrogen-bond acceptors (Lipinski definition) is 4. The van der Waals surface area contributed by atoms with Crippen LogP contribution in [0.3, 0.4) is 0 Å². The number of amides is 1. The van der Waals surface area contributed by atoms with Gasteiger partial charge in [0.1, 0.15) is 0 Å². The minimum Gasteiger partial charge on any atom is -0.493 e. The van der Waals surface area contributed by atoms with Gasteiger partial charge in [0.25, 0.3) is 5.91 Å². The molecular weight excluding hydrogens is 467 g/mol. The lowest BCUT2D eigenvalue weighted by Crippen LogP contribution is -2.37. The maximum Gasteiger partial charge on any atom is 0.261 e. The molecule has 2 heterocycles. The molecule has 0 aliphatic carbocycles. The van der Waals surface area contributed by atoms with E-state index in [-0.39, 0.29) is 11.9 Å². The van der Waals surface area contributed by atoms with E-state index in [9.17, 15) is 4.79 Å². The second kappa shape index (κ2) is 8.51. The number of alkyl halides is 1. The number of para-hydroxylation sites is 1. The van der Waals surface area contributed by atoms with Gasteiger partial charge < -0.3 is 9.47 Å². The molecule has 5 nitrogen and oxygen atoms in total. The quantitative estimate of drug-likeness (QED) is 0.313.